The number of benzene rings is 1. The molecule has 0 aromatic heterocycles. The molecule has 4 heteroatoms. The summed E-state index contributed by atoms with van der Waals surface area (Å²) in [6.07, 6.45) is 5.16. The summed E-state index contributed by atoms with van der Waals surface area (Å²) in [4.78, 5) is 13.4. The zero-order chi connectivity index (χ0) is 11.4. The maximum atomic E-state index is 11.9. The van der Waals surface area contributed by atoms with Crippen molar-refractivity contribution in [2.24, 2.45) is 0 Å². The Balaban J connectivity index is 3.01. The summed E-state index contributed by atoms with van der Waals surface area (Å²) >= 11 is 5.47. The molecule has 78 valence electrons. The Bertz CT molecular complexity index is 425. The van der Waals surface area contributed by atoms with Gasteiger partial charge in [0, 0.05) is 15.1 Å². The normalized spacial score (nSPS) is 9.47. The minimum Gasteiger partial charge on any atom is -0.331 e. The van der Waals surface area contributed by atoms with Crippen molar-refractivity contribution < 1.29 is 4.79 Å². The average molecular weight is 378 g/mol. The Morgan fingerprint density at radius 3 is 2.93 bits per heavy atom. The summed E-state index contributed by atoms with van der Waals surface area (Å²) in [5, 5.41) is 0. The van der Waals surface area contributed by atoms with E-state index in [1.54, 1.807) is 13.1 Å². The summed E-state index contributed by atoms with van der Waals surface area (Å²) in [6.45, 7) is 0.321. The van der Waals surface area contributed by atoms with E-state index in [0.29, 0.717) is 12.1 Å². The maximum Gasteiger partial charge on any atom is 0.255 e. The van der Waals surface area contributed by atoms with Crippen molar-refractivity contribution in [1.29, 1.82) is 0 Å². The zero-order valence-corrected chi connectivity index (χ0v) is 11.9. The molecule has 0 aliphatic rings. The molecule has 0 fully saturated rings. The third kappa shape index (κ3) is 3.21. The van der Waals surface area contributed by atoms with Crippen LogP contribution in [-0.2, 0) is 0 Å². The van der Waals surface area contributed by atoms with Gasteiger partial charge in [-0.3, -0.25) is 4.79 Å². The zero-order valence-electron chi connectivity index (χ0n) is 8.13. The highest BCUT2D eigenvalue weighted by Crippen LogP contribution is 2.19. The maximum absolute atomic E-state index is 11.9. The van der Waals surface area contributed by atoms with Crippen LogP contribution in [0.3, 0.4) is 0 Å². The minimum atomic E-state index is -0.0568. The van der Waals surface area contributed by atoms with Gasteiger partial charge in [-0.05, 0) is 40.8 Å². The van der Waals surface area contributed by atoms with E-state index in [9.17, 15) is 4.79 Å². The van der Waals surface area contributed by atoms with Crippen molar-refractivity contribution in [3.8, 4) is 12.3 Å². The Hall–Kier alpha value is -0.540. The van der Waals surface area contributed by atoms with Crippen LogP contribution in [0, 0.1) is 15.9 Å². The fourth-order valence-corrected chi connectivity index (χ4v) is 2.00. The molecule has 0 bridgehead atoms. The molecule has 1 rings (SSSR count). The van der Waals surface area contributed by atoms with Crippen molar-refractivity contribution >= 4 is 44.4 Å². The van der Waals surface area contributed by atoms with E-state index in [-0.39, 0.29) is 5.91 Å². The van der Waals surface area contributed by atoms with Crippen molar-refractivity contribution in [3.63, 3.8) is 0 Å². The number of nitrogens with zero attached hydrogens (tertiary/aromatic N) is 1. The van der Waals surface area contributed by atoms with E-state index in [1.807, 2.05) is 12.1 Å². The van der Waals surface area contributed by atoms with E-state index in [0.717, 1.165) is 8.04 Å². The third-order valence-corrected chi connectivity index (χ3v) is 3.27. The van der Waals surface area contributed by atoms with Gasteiger partial charge in [-0.1, -0.05) is 21.9 Å². The van der Waals surface area contributed by atoms with Gasteiger partial charge >= 0.3 is 0 Å². The lowest BCUT2D eigenvalue weighted by Crippen LogP contribution is -2.27. The topological polar surface area (TPSA) is 20.3 Å². The molecule has 0 N–H and O–H groups in total. The smallest absolute Gasteiger partial charge is 0.255 e. The van der Waals surface area contributed by atoms with Gasteiger partial charge in [-0.2, -0.15) is 0 Å². The molecule has 0 unspecified atom stereocenters. The van der Waals surface area contributed by atoms with E-state index in [4.69, 9.17) is 6.42 Å². The Morgan fingerprint density at radius 1 is 1.67 bits per heavy atom. The van der Waals surface area contributed by atoms with Crippen LogP contribution in [0.25, 0.3) is 0 Å². The molecule has 1 amide bonds. The lowest BCUT2D eigenvalue weighted by Gasteiger charge is -2.14. The van der Waals surface area contributed by atoms with Crippen molar-refractivity contribution in [2.45, 2.75) is 0 Å². The van der Waals surface area contributed by atoms with Gasteiger partial charge in [0.2, 0.25) is 0 Å². The van der Waals surface area contributed by atoms with Crippen molar-refractivity contribution in [1.82, 2.24) is 4.90 Å². The molecule has 0 atom stereocenters. The number of amides is 1. The van der Waals surface area contributed by atoms with E-state index < -0.39 is 0 Å². The van der Waals surface area contributed by atoms with Crippen LogP contribution in [-0.4, -0.2) is 24.4 Å². The predicted molar refractivity (Wildman–Crippen MR) is 72.7 cm³/mol. The number of hydrogen-bond acceptors (Lipinski definition) is 1. The first-order valence-electron chi connectivity index (χ1n) is 4.20. The van der Waals surface area contributed by atoms with Gasteiger partial charge in [0.25, 0.3) is 5.91 Å². The molecule has 0 radical (unpaired) electrons. The van der Waals surface area contributed by atoms with Crippen molar-refractivity contribution in [3.05, 3.63) is 31.8 Å². The Labute approximate surface area is 111 Å². The van der Waals surface area contributed by atoms with Gasteiger partial charge in [-0.25, -0.2) is 0 Å². The second-order valence-corrected chi connectivity index (χ2v) is 5.07. The van der Waals surface area contributed by atoms with Crippen molar-refractivity contribution in [2.75, 3.05) is 13.6 Å². The van der Waals surface area contributed by atoms with Gasteiger partial charge in [0.05, 0.1) is 12.1 Å². The minimum absolute atomic E-state index is 0.0568. The number of halogens is 2. The first kappa shape index (κ1) is 12.5. The fraction of sp³-hybridized carbons (Fsp3) is 0.182. The molecule has 0 aliphatic carbocycles. The van der Waals surface area contributed by atoms with Gasteiger partial charge in [0.1, 0.15) is 0 Å². The second kappa shape index (κ2) is 5.52. The molecule has 0 heterocycles. The number of terminal acetylenes is 1. The first-order valence-corrected chi connectivity index (χ1v) is 6.07. The van der Waals surface area contributed by atoms with Gasteiger partial charge in [-0.15, -0.1) is 6.42 Å². The molecule has 0 aliphatic heterocycles. The quantitative estimate of drug-likeness (QED) is 0.573. The first-order chi connectivity index (χ1) is 7.06. The molecule has 1 aromatic carbocycles. The lowest BCUT2D eigenvalue weighted by atomic mass is 10.2. The Morgan fingerprint density at radius 2 is 2.33 bits per heavy atom. The highest BCUT2D eigenvalue weighted by molar-refractivity contribution is 14.1. The monoisotopic (exact) mass is 377 g/mol. The van der Waals surface area contributed by atoms with E-state index >= 15 is 0 Å². The van der Waals surface area contributed by atoms with Crippen LogP contribution in [0.4, 0.5) is 0 Å². The molecule has 2 nitrogen and oxygen atoms in total. The Kier molecular flexibility index (Phi) is 4.61. The van der Waals surface area contributed by atoms with E-state index in [2.05, 4.69) is 44.4 Å². The summed E-state index contributed by atoms with van der Waals surface area (Å²) in [6, 6.07) is 5.60. The molecule has 15 heavy (non-hydrogen) atoms. The molecule has 0 saturated heterocycles. The summed E-state index contributed by atoms with van der Waals surface area (Å²) in [5.41, 5.74) is 0.669. The number of carbonyl (C=O) groups excluding carboxylic acids is 1. The highest BCUT2D eigenvalue weighted by atomic mass is 127. The number of hydrogen-bond donors (Lipinski definition) is 0. The van der Waals surface area contributed by atoms with Crippen LogP contribution in [0.2, 0.25) is 0 Å². The number of carbonyl (C=O) groups is 1. The van der Waals surface area contributed by atoms with Crippen LogP contribution < -0.4 is 0 Å². The molecule has 0 saturated carbocycles. The van der Waals surface area contributed by atoms with Gasteiger partial charge < -0.3 is 4.90 Å². The van der Waals surface area contributed by atoms with Crippen LogP contribution >= 0.6 is 38.5 Å². The molecule has 0 spiro atoms. The predicted octanol–water partition coefficient (Wildman–Crippen LogP) is 2.76. The fourth-order valence-electron chi connectivity index (χ4n) is 1.08. The lowest BCUT2D eigenvalue weighted by molar-refractivity contribution is 0.0811. The van der Waals surface area contributed by atoms with Crippen LogP contribution in [0.15, 0.2) is 22.7 Å². The summed E-state index contributed by atoms with van der Waals surface area (Å²) in [7, 11) is 1.69. The standard InChI is InChI=1S/C11H9BrINO/c1-3-6-14(2)11(15)9-7-8(12)4-5-10(9)13/h1,4-5,7H,6H2,2H3. The average Bonchev–Trinajstić information content (AvgIpc) is 2.21. The van der Waals surface area contributed by atoms with Crippen LogP contribution in [0.1, 0.15) is 10.4 Å². The SMILES string of the molecule is C#CCN(C)C(=O)c1cc(Br)ccc1I. The summed E-state index contributed by atoms with van der Waals surface area (Å²) < 4.78 is 1.81. The molecular formula is C11H9BrINO. The molecular weight excluding hydrogens is 369 g/mol. The largest absolute Gasteiger partial charge is 0.331 e. The molecule has 1 aromatic rings. The second-order valence-electron chi connectivity index (χ2n) is 2.99. The summed E-state index contributed by atoms with van der Waals surface area (Å²) in [5.74, 6) is 2.39. The number of rotatable bonds is 2. The van der Waals surface area contributed by atoms with E-state index in [1.165, 1.54) is 4.90 Å². The van der Waals surface area contributed by atoms with Crippen LogP contribution in [0.5, 0.6) is 0 Å². The highest BCUT2D eigenvalue weighted by Gasteiger charge is 2.14. The van der Waals surface area contributed by atoms with Gasteiger partial charge in [0.15, 0.2) is 0 Å². The third-order valence-electron chi connectivity index (χ3n) is 1.83.